The van der Waals surface area contributed by atoms with Gasteiger partial charge < -0.3 is 9.84 Å². The van der Waals surface area contributed by atoms with Gasteiger partial charge in [0.2, 0.25) is 0 Å². The van der Waals surface area contributed by atoms with Crippen molar-refractivity contribution in [1.29, 1.82) is 0 Å². The summed E-state index contributed by atoms with van der Waals surface area (Å²) in [5.74, 6) is 0.0980. The molecule has 0 radical (unpaired) electrons. The summed E-state index contributed by atoms with van der Waals surface area (Å²) in [5, 5.41) is 8.64. The summed E-state index contributed by atoms with van der Waals surface area (Å²) in [6, 6.07) is 15.6. The fourth-order valence-electron chi connectivity index (χ4n) is 1.76. The van der Waals surface area contributed by atoms with E-state index in [2.05, 4.69) is 0 Å². The van der Waals surface area contributed by atoms with E-state index in [0.717, 1.165) is 21.8 Å². The fourth-order valence-corrected chi connectivity index (χ4v) is 2.38. The van der Waals surface area contributed by atoms with Gasteiger partial charge in [-0.3, -0.25) is 4.79 Å². The van der Waals surface area contributed by atoms with Crippen LogP contribution in [-0.4, -0.2) is 23.9 Å². The van der Waals surface area contributed by atoms with Crippen molar-refractivity contribution in [2.75, 3.05) is 12.9 Å². The van der Waals surface area contributed by atoms with Crippen molar-refractivity contribution in [2.24, 2.45) is 0 Å². The molecule has 0 aliphatic rings. The average molecular weight is 274 g/mol. The van der Waals surface area contributed by atoms with Crippen LogP contribution in [0.3, 0.4) is 0 Å². The van der Waals surface area contributed by atoms with Crippen LogP contribution in [0.1, 0.15) is 0 Å². The van der Waals surface area contributed by atoms with Gasteiger partial charge >= 0.3 is 5.97 Å². The van der Waals surface area contributed by atoms with E-state index in [1.54, 1.807) is 7.11 Å². The molecule has 0 heterocycles. The summed E-state index contributed by atoms with van der Waals surface area (Å²) >= 11 is 1.31. The van der Waals surface area contributed by atoms with E-state index in [1.807, 2.05) is 48.5 Å². The molecule has 2 rings (SSSR count). The number of hydrogen-bond donors (Lipinski definition) is 1. The summed E-state index contributed by atoms with van der Waals surface area (Å²) in [6.45, 7) is 0. The van der Waals surface area contributed by atoms with Gasteiger partial charge in [-0.15, -0.1) is 11.8 Å². The number of para-hydroxylation sites is 1. The van der Waals surface area contributed by atoms with E-state index in [4.69, 9.17) is 9.84 Å². The van der Waals surface area contributed by atoms with Crippen LogP contribution in [0.25, 0.3) is 11.1 Å². The Morgan fingerprint density at radius 2 is 1.84 bits per heavy atom. The Hall–Kier alpha value is -1.94. The topological polar surface area (TPSA) is 46.5 Å². The number of hydrogen-bond acceptors (Lipinski definition) is 3. The summed E-state index contributed by atoms with van der Waals surface area (Å²) in [6.07, 6.45) is 0. The maximum absolute atomic E-state index is 10.5. The van der Waals surface area contributed by atoms with E-state index >= 15 is 0 Å². The van der Waals surface area contributed by atoms with Gasteiger partial charge in [-0.25, -0.2) is 0 Å². The van der Waals surface area contributed by atoms with Gasteiger partial charge in [-0.1, -0.05) is 30.3 Å². The maximum atomic E-state index is 10.5. The number of thioether (sulfide) groups is 1. The van der Waals surface area contributed by atoms with Crippen molar-refractivity contribution < 1.29 is 14.6 Å². The lowest BCUT2D eigenvalue weighted by Gasteiger charge is -2.08. The van der Waals surface area contributed by atoms with Crippen molar-refractivity contribution in [3.05, 3.63) is 48.5 Å². The monoisotopic (exact) mass is 274 g/mol. The molecule has 0 saturated carbocycles. The van der Waals surface area contributed by atoms with Crippen LogP contribution in [-0.2, 0) is 4.79 Å². The number of rotatable bonds is 5. The first-order chi connectivity index (χ1) is 9.20. The highest BCUT2D eigenvalue weighted by atomic mass is 32.2. The molecule has 19 heavy (non-hydrogen) atoms. The number of benzene rings is 2. The smallest absolute Gasteiger partial charge is 0.313 e. The first-order valence-electron chi connectivity index (χ1n) is 5.79. The van der Waals surface area contributed by atoms with E-state index in [0.29, 0.717) is 0 Å². The molecule has 0 unspecified atom stereocenters. The minimum atomic E-state index is -0.807. The van der Waals surface area contributed by atoms with Gasteiger partial charge in [0.05, 0.1) is 12.9 Å². The van der Waals surface area contributed by atoms with E-state index < -0.39 is 5.97 Å². The van der Waals surface area contributed by atoms with Crippen LogP contribution in [0.15, 0.2) is 53.4 Å². The number of aliphatic carboxylic acids is 1. The second-order valence-electron chi connectivity index (χ2n) is 3.91. The molecule has 0 atom stereocenters. The second-order valence-corrected chi connectivity index (χ2v) is 4.96. The minimum absolute atomic E-state index is 0.0774. The zero-order chi connectivity index (χ0) is 13.7. The predicted octanol–water partition coefficient (Wildman–Crippen LogP) is 3.54. The molecule has 4 heteroatoms. The quantitative estimate of drug-likeness (QED) is 0.847. The zero-order valence-corrected chi connectivity index (χ0v) is 11.3. The molecule has 0 aliphatic heterocycles. The number of carboxylic acid groups (broad SMARTS) is 1. The molecule has 2 aromatic carbocycles. The first kappa shape index (κ1) is 13.5. The maximum Gasteiger partial charge on any atom is 0.313 e. The second kappa shape index (κ2) is 6.29. The van der Waals surface area contributed by atoms with Gasteiger partial charge in [-0.2, -0.15) is 0 Å². The Morgan fingerprint density at radius 3 is 2.47 bits per heavy atom. The lowest BCUT2D eigenvalue weighted by atomic mass is 10.1. The molecular weight excluding hydrogens is 260 g/mol. The third kappa shape index (κ3) is 3.51. The molecular formula is C15H14O3S. The average Bonchev–Trinajstić information content (AvgIpc) is 2.45. The molecule has 0 spiro atoms. The Morgan fingerprint density at radius 1 is 1.16 bits per heavy atom. The van der Waals surface area contributed by atoms with Gasteiger partial charge in [-0.05, 0) is 23.8 Å². The first-order valence-corrected chi connectivity index (χ1v) is 6.77. The Kier molecular flexibility index (Phi) is 4.47. The van der Waals surface area contributed by atoms with Crippen LogP contribution in [0.4, 0.5) is 0 Å². The Bertz CT molecular complexity index is 564. The molecule has 1 N–H and O–H groups in total. The standard InChI is InChI=1S/C15H14O3S/c1-18-14-5-3-2-4-13(14)11-6-8-12(9-7-11)19-10-15(16)17/h2-9H,10H2,1H3,(H,16,17). The van der Waals surface area contributed by atoms with Crippen LogP contribution in [0, 0.1) is 0 Å². The Balaban J connectivity index is 2.20. The Labute approximate surface area is 116 Å². The third-order valence-corrected chi connectivity index (χ3v) is 3.63. The largest absolute Gasteiger partial charge is 0.496 e. The molecule has 98 valence electrons. The summed E-state index contributed by atoms with van der Waals surface area (Å²) in [7, 11) is 1.65. The zero-order valence-electron chi connectivity index (χ0n) is 10.5. The lowest BCUT2D eigenvalue weighted by Crippen LogP contribution is -1.97. The molecule has 0 saturated heterocycles. The van der Waals surface area contributed by atoms with Gasteiger partial charge in [0.25, 0.3) is 0 Å². The van der Waals surface area contributed by atoms with E-state index in [1.165, 1.54) is 11.8 Å². The normalized spacial score (nSPS) is 10.2. The lowest BCUT2D eigenvalue weighted by molar-refractivity contribution is -0.133. The molecule has 0 aromatic heterocycles. The molecule has 0 fully saturated rings. The van der Waals surface area contributed by atoms with Crippen molar-refractivity contribution in [1.82, 2.24) is 0 Å². The number of carboxylic acids is 1. The molecule has 2 aromatic rings. The predicted molar refractivity (Wildman–Crippen MR) is 76.8 cm³/mol. The third-order valence-electron chi connectivity index (χ3n) is 2.63. The highest BCUT2D eigenvalue weighted by Crippen LogP contribution is 2.30. The summed E-state index contributed by atoms with van der Waals surface area (Å²) < 4.78 is 5.33. The molecule has 3 nitrogen and oxygen atoms in total. The van der Waals surface area contributed by atoms with Crippen molar-refractivity contribution in [2.45, 2.75) is 4.90 Å². The van der Waals surface area contributed by atoms with Crippen LogP contribution >= 0.6 is 11.8 Å². The van der Waals surface area contributed by atoms with Crippen LogP contribution in [0.2, 0.25) is 0 Å². The van der Waals surface area contributed by atoms with Crippen molar-refractivity contribution in [3.8, 4) is 16.9 Å². The number of ether oxygens (including phenoxy) is 1. The minimum Gasteiger partial charge on any atom is -0.496 e. The summed E-state index contributed by atoms with van der Waals surface area (Å²) in [4.78, 5) is 11.5. The molecule has 0 amide bonds. The highest BCUT2D eigenvalue weighted by molar-refractivity contribution is 8.00. The SMILES string of the molecule is COc1ccccc1-c1ccc(SCC(=O)O)cc1. The number of methoxy groups -OCH3 is 1. The fraction of sp³-hybridized carbons (Fsp3) is 0.133. The van der Waals surface area contributed by atoms with Gasteiger partial charge in [0.15, 0.2) is 0 Å². The molecule has 0 bridgehead atoms. The van der Waals surface area contributed by atoms with E-state index in [-0.39, 0.29) is 5.75 Å². The van der Waals surface area contributed by atoms with E-state index in [9.17, 15) is 4.79 Å². The van der Waals surface area contributed by atoms with Crippen LogP contribution in [0.5, 0.6) is 5.75 Å². The molecule has 0 aliphatic carbocycles. The summed E-state index contributed by atoms with van der Waals surface area (Å²) in [5.41, 5.74) is 2.08. The van der Waals surface area contributed by atoms with Crippen LogP contribution < -0.4 is 4.74 Å². The van der Waals surface area contributed by atoms with Gasteiger partial charge in [0.1, 0.15) is 5.75 Å². The number of carbonyl (C=O) groups is 1. The van der Waals surface area contributed by atoms with Gasteiger partial charge in [0, 0.05) is 10.5 Å². The van der Waals surface area contributed by atoms with Crippen molar-refractivity contribution >= 4 is 17.7 Å². The highest BCUT2D eigenvalue weighted by Gasteiger charge is 2.05. The van der Waals surface area contributed by atoms with Crippen molar-refractivity contribution in [3.63, 3.8) is 0 Å².